The lowest BCUT2D eigenvalue weighted by Gasteiger charge is -2.18. The van der Waals surface area contributed by atoms with Crippen molar-refractivity contribution in [1.82, 2.24) is 20.4 Å². The zero-order valence-corrected chi connectivity index (χ0v) is 15.7. The lowest BCUT2D eigenvalue weighted by Crippen LogP contribution is -2.42. The molecule has 2 aromatic rings. The lowest BCUT2D eigenvalue weighted by molar-refractivity contribution is 0.575. The smallest absolute Gasteiger partial charge is 0.191 e. The summed E-state index contributed by atoms with van der Waals surface area (Å²) >= 11 is 0. The first kappa shape index (κ1) is 19.0. The van der Waals surface area contributed by atoms with E-state index in [0.717, 1.165) is 44.9 Å². The van der Waals surface area contributed by atoms with Gasteiger partial charge in [-0.2, -0.15) is 5.10 Å². The van der Waals surface area contributed by atoms with Gasteiger partial charge in [0.15, 0.2) is 5.96 Å². The van der Waals surface area contributed by atoms with Gasteiger partial charge in [-0.1, -0.05) is 30.3 Å². The predicted octanol–water partition coefficient (Wildman–Crippen LogP) is 3.16. The molecule has 0 saturated carbocycles. The summed E-state index contributed by atoms with van der Waals surface area (Å²) in [6, 6.07) is 11.0. The van der Waals surface area contributed by atoms with E-state index in [1.165, 1.54) is 11.1 Å². The number of hydrogen-bond donors (Lipinski definition) is 2. The molecular formula is C20H31N5. The summed E-state index contributed by atoms with van der Waals surface area (Å²) in [6.07, 6.45) is 7.10. The number of rotatable bonds is 9. The van der Waals surface area contributed by atoms with Crippen molar-refractivity contribution < 1.29 is 0 Å². The molecule has 0 aliphatic carbocycles. The molecule has 2 rings (SSSR count). The number of aliphatic imine (C=N–C) groups is 1. The van der Waals surface area contributed by atoms with E-state index in [1.807, 2.05) is 10.9 Å². The first-order valence-electron chi connectivity index (χ1n) is 9.25. The van der Waals surface area contributed by atoms with Crippen molar-refractivity contribution in [3.05, 3.63) is 53.9 Å². The molecule has 0 saturated heterocycles. The first-order chi connectivity index (χ1) is 12.2. The molecule has 2 N–H and O–H groups in total. The normalized spacial score (nSPS) is 12.8. The van der Waals surface area contributed by atoms with Crippen LogP contribution in [-0.4, -0.2) is 34.9 Å². The largest absolute Gasteiger partial charge is 0.357 e. The molecule has 0 aliphatic rings. The van der Waals surface area contributed by atoms with E-state index < -0.39 is 0 Å². The summed E-state index contributed by atoms with van der Waals surface area (Å²) < 4.78 is 1.98. The molecule has 1 heterocycles. The molecule has 1 unspecified atom stereocenters. The van der Waals surface area contributed by atoms with Gasteiger partial charge in [-0.25, -0.2) is 0 Å². The molecule has 5 heteroatoms. The SMILES string of the molecule is CCNC(=NCCCn1cc(C)cn1)NC(C)CCc1ccccc1. The molecule has 0 bridgehead atoms. The second kappa shape index (κ2) is 10.5. The number of guanidine groups is 1. The van der Waals surface area contributed by atoms with Crippen molar-refractivity contribution in [1.29, 1.82) is 0 Å². The maximum Gasteiger partial charge on any atom is 0.191 e. The summed E-state index contributed by atoms with van der Waals surface area (Å²) in [7, 11) is 0. The van der Waals surface area contributed by atoms with Crippen molar-refractivity contribution in [2.75, 3.05) is 13.1 Å². The third kappa shape index (κ3) is 7.42. The van der Waals surface area contributed by atoms with Crippen LogP contribution in [0.3, 0.4) is 0 Å². The zero-order chi connectivity index (χ0) is 17.9. The molecule has 0 spiro atoms. The van der Waals surface area contributed by atoms with Crippen molar-refractivity contribution in [3.8, 4) is 0 Å². The maximum absolute atomic E-state index is 4.68. The summed E-state index contributed by atoms with van der Waals surface area (Å²) in [6.45, 7) is 8.93. The minimum atomic E-state index is 0.381. The quantitative estimate of drug-likeness (QED) is 0.418. The molecular weight excluding hydrogens is 310 g/mol. The Hall–Kier alpha value is -2.30. The van der Waals surface area contributed by atoms with Gasteiger partial charge in [-0.3, -0.25) is 9.67 Å². The predicted molar refractivity (Wildman–Crippen MR) is 105 cm³/mol. The highest BCUT2D eigenvalue weighted by Gasteiger charge is 2.05. The van der Waals surface area contributed by atoms with Gasteiger partial charge in [0.1, 0.15) is 0 Å². The monoisotopic (exact) mass is 341 g/mol. The molecule has 5 nitrogen and oxygen atoms in total. The Bertz CT molecular complexity index is 633. The van der Waals surface area contributed by atoms with Gasteiger partial charge >= 0.3 is 0 Å². The number of benzene rings is 1. The number of hydrogen-bond acceptors (Lipinski definition) is 2. The average molecular weight is 342 g/mol. The van der Waals surface area contributed by atoms with Crippen molar-refractivity contribution in [2.24, 2.45) is 4.99 Å². The molecule has 0 amide bonds. The summed E-state index contributed by atoms with van der Waals surface area (Å²) in [5.74, 6) is 0.903. The molecule has 136 valence electrons. The molecule has 0 fully saturated rings. The summed E-state index contributed by atoms with van der Waals surface area (Å²) in [4.78, 5) is 4.68. The Morgan fingerprint density at radius 2 is 2.08 bits per heavy atom. The van der Waals surface area contributed by atoms with Crippen molar-refractivity contribution in [3.63, 3.8) is 0 Å². The van der Waals surface area contributed by atoms with Gasteiger partial charge in [-0.15, -0.1) is 0 Å². The number of aromatic nitrogens is 2. The van der Waals surface area contributed by atoms with Crippen LogP contribution < -0.4 is 10.6 Å². The van der Waals surface area contributed by atoms with E-state index in [1.54, 1.807) is 0 Å². The number of nitrogens with one attached hydrogen (secondary N) is 2. The van der Waals surface area contributed by atoms with Crippen LogP contribution in [0.15, 0.2) is 47.7 Å². The van der Waals surface area contributed by atoms with Gasteiger partial charge in [0.05, 0.1) is 6.20 Å². The lowest BCUT2D eigenvalue weighted by atomic mass is 10.1. The zero-order valence-electron chi connectivity index (χ0n) is 15.7. The van der Waals surface area contributed by atoms with Crippen LogP contribution in [-0.2, 0) is 13.0 Å². The van der Waals surface area contributed by atoms with Gasteiger partial charge in [0.2, 0.25) is 0 Å². The number of nitrogens with zero attached hydrogens (tertiary/aromatic N) is 3. The topological polar surface area (TPSA) is 54.2 Å². The van der Waals surface area contributed by atoms with Crippen LogP contribution in [0.2, 0.25) is 0 Å². The van der Waals surface area contributed by atoms with Crippen LogP contribution in [0.1, 0.15) is 37.8 Å². The van der Waals surface area contributed by atoms with Crippen LogP contribution in [0.25, 0.3) is 0 Å². The highest BCUT2D eigenvalue weighted by atomic mass is 15.3. The number of aryl methyl sites for hydroxylation is 3. The van der Waals surface area contributed by atoms with E-state index in [2.05, 4.69) is 78.0 Å². The van der Waals surface area contributed by atoms with E-state index in [0.29, 0.717) is 6.04 Å². The Kier molecular flexibility index (Phi) is 8.02. The van der Waals surface area contributed by atoms with Crippen LogP contribution in [0.5, 0.6) is 0 Å². The fraction of sp³-hybridized carbons (Fsp3) is 0.500. The highest BCUT2D eigenvalue weighted by Crippen LogP contribution is 2.04. The minimum Gasteiger partial charge on any atom is -0.357 e. The van der Waals surface area contributed by atoms with Crippen molar-refractivity contribution >= 4 is 5.96 Å². The summed E-state index contributed by atoms with van der Waals surface area (Å²) in [5, 5.41) is 11.1. The Balaban J connectivity index is 1.74. The molecule has 0 radical (unpaired) electrons. The van der Waals surface area contributed by atoms with Gasteiger partial charge in [0, 0.05) is 31.9 Å². The minimum absolute atomic E-state index is 0.381. The molecule has 1 aromatic heterocycles. The molecule has 25 heavy (non-hydrogen) atoms. The average Bonchev–Trinajstić information content (AvgIpc) is 3.03. The second-order valence-electron chi connectivity index (χ2n) is 6.46. The fourth-order valence-corrected chi connectivity index (χ4v) is 2.67. The summed E-state index contributed by atoms with van der Waals surface area (Å²) in [5.41, 5.74) is 2.58. The molecule has 0 aliphatic heterocycles. The standard InChI is InChI=1S/C20H31N5/c1-4-21-20(22-13-8-14-25-16-17(2)15-23-25)24-18(3)11-12-19-9-6-5-7-10-19/h5-7,9-10,15-16,18H,4,8,11-14H2,1-3H3,(H2,21,22,24). The fourth-order valence-electron chi connectivity index (χ4n) is 2.67. The van der Waals surface area contributed by atoms with Crippen LogP contribution in [0, 0.1) is 6.92 Å². The van der Waals surface area contributed by atoms with Gasteiger partial charge in [0.25, 0.3) is 0 Å². The van der Waals surface area contributed by atoms with Crippen LogP contribution >= 0.6 is 0 Å². The third-order valence-electron chi connectivity index (χ3n) is 4.01. The van der Waals surface area contributed by atoms with Gasteiger partial charge in [-0.05, 0) is 51.2 Å². The van der Waals surface area contributed by atoms with E-state index >= 15 is 0 Å². The van der Waals surface area contributed by atoms with E-state index in [-0.39, 0.29) is 0 Å². The molecule has 1 aromatic carbocycles. The highest BCUT2D eigenvalue weighted by molar-refractivity contribution is 5.80. The molecule has 1 atom stereocenters. The second-order valence-corrected chi connectivity index (χ2v) is 6.46. The third-order valence-corrected chi connectivity index (χ3v) is 4.01. The Labute approximate surface area is 151 Å². The Morgan fingerprint density at radius 1 is 1.28 bits per heavy atom. The van der Waals surface area contributed by atoms with Crippen LogP contribution in [0.4, 0.5) is 0 Å². The maximum atomic E-state index is 4.68. The first-order valence-corrected chi connectivity index (χ1v) is 9.25. The van der Waals surface area contributed by atoms with Crippen molar-refractivity contribution in [2.45, 2.75) is 52.6 Å². The van der Waals surface area contributed by atoms with E-state index in [4.69, 9.17) is 0 Å². The Morgan fingerprint density at radius 3 is 2.76 bits per heavy atom. The van der Waals surface area contributed by atoms with Gasteiger partial charge < -0.3 is 10.6 Å². The van der Waals surface area contributed by atoms with E-state index in [9.17, 15) is 0 Å².